The number of carbonyl (C=O) groups is 1. The first-order valence-electron chi connectivity index (χ1n) is 9.02. The van der Waals surface area contributed by atoms with Gasteiger partial charge in [-0.2, -0.15) is 0 Å². The molecule has 7 nitrogen and oxygen atoms in total. The number of amides is 1. The van der Waals surface area contributed by atoms with Crippen molar-refractivity contribution in [3.8, 4) is 0 Å². The zero-order chi connectivity index (χ0) is 21.3. The van der Waals surface area contributed by atoms with Crippen LogP contribution in [0.2, 0.25) is 0 Å². The minimum Gasteiger partial charge on any atom is -0.348 e. The highest BCUT2D eigenvalue weighted by Gasteiger charge is 2.22. The molecular weight excluding hydrogens is 407 g/mol. The molecule has 4 aromatic rings. The Bertz CT molecular complexity index is 1350. The molecule has 2 aromatic heterocycles. The Labute approximate surface area is 172 Å². The molecular formula is C21H17FN4O3S. The van der Waals surface area contributed by atoms with Gasteiger partial charge in [0, 0.05) is 31.3 Å². The van der Waals surface area contributed by atoms with Crippen LogP contribution in [0.15, 0.2) is 77.0 Å². The van der Waals surface area contributed by atoms with Crippen LogP contribution in [0.3, 0.4) is 0 Å². The fourth-order valence-corrected chi connectivity index (χ4v) is 4.36. The molecule has 0 aliphatic carbocycles. The molecule has 1 amide bonds. The lowest BCUT2D eigenvalue weighted by molar-refractivity contribution is 0.0950. The predicted octanol–water partition coefficient (Wildman–Crippen LogP) is 2.94. The lowest BCUT2D eigenvalue weighted by atomic mass is 10.2. The molecule has 0 unspecified atom stereocenters. The molecule has 0 fully saturated rings. The van der Waals surface area contributed by atoms with Crippen LogP contribution in [0, 0.1) is 12.7 Å². The van der Waals surface area contributed by atoms with Crippen molar-refractivity contribution in [1.29, 1.82) is 0 Å². The molecule has 0 aliphatic rings. The molecule has 2 aromatic carbocycles. The number of carbonyl (C=O) groups excluding carboxylic acids is 1. The highest BCUT2D eigenvalue weighted by molar-refractivity contribution is 7.91. The second-order valence-electron chi connectivity index (χ2n) is 6.69. The van der Waals surface area contributed by atoms with Crippen molar-refractivity contribution in [2.75, 3.05) is 0 Å². The molecule has 0 radical (unpaired) electrons. The maximum Gasteiger partial charge on any atom is 0.254 e. The number of rotatable bonds is 5. The normalized spacial score (nSPS) is 11.5. The fourth-order valence-electron chi connectivity index (χ4n) is 2.96. The van der Waals surface area contributed by atoms with Gasteiger partial charge in [-0.1, -0.05) is 24.3 Å². The van der Waals surface area contributed by atoms with Gasteiger partial charge < -0.3 is 5.32 Å². The van der Waals surface area contributed by atoms with Crippen LogP contribution in [0.4, 0.5) is 4.39 Å². The first kappa shape index (κ1) is 19.7. The second-order valence-corrected chi connectivity index (χ2v) is 8.61. The number of nitrogens with one attached hydrogen (secondary N) is 1. The summed E-state index contributed by atoms with van der Waals surface area (Å²) in [6.07, 6.45) is 6.33. The van der Waals surface area contributed by atoms with E-state index in [-0.39, 0.29) is 27.8 Å². The van der Waals surface area contributed by atoms with Gasteiger partial charge in [-0.05, 0) is 36.2 Å². The van der Waals surface area contributed by atoms with E-state index in [1.807, 2.05) is 0 Å². The average molecular weight is 424 g/mol. The number of hydrogen-bond acceptors (Lipinski definition) is 5. The maximum atomic E-state index is 14.3. The number of halogens is 1. The largest absolute Gasteiger partial charge is 0.348 e. The minimum absolute atomic E-state index is 0.0168. The van der Waals surface area contributed by atoms with Crippen molar-refractivity contribution >= 4 is 21.5 Å². The van der Waals surface area contributed by atoms with Crippen molar-refractivity contribution in [2.45, 2.75) is 23.3 Å². The molecule has 1 N–H and O–H groups in total. The second kappa shape index (κ2) is 7.68. The van der Waals surface area contributed by atoms with E-state index in [2.05, 4.69) is 15.3 Å². The van der Waals surface area contributed by atoms with E-state index in [1.165, 1.54) is 43.5 Å². The van der Waals surface area contributed by atoms with Gasteiger partial charge in [0.25, 0.3) is 5.91 Å². The summed E-state index contributed by atoms with van der Waals surface area (Å²) in [4.78, 5) is 20.1. The Morgan fingerprint density at radius 2 is 1.90 bits per heavy atom. The predicted molar refractivity (Wildman–Crippen MR) is 107 cm³/mol. The number of nitrogens with zero attached hydrogens (tertiary/aromatic N) is 3. The number of aryl methyl sites for hydroxylation is 1. The quantitative estimate of drug-likeness (QED) is 0.532. The van der Waals surface area contributed by atoms with Gasteiger partial charge in [-0.3, -0.25) is 9.20 Å². The first-order chi connectivity index (χ1) is 14.4. The summed E-state index contributed by atoms with van der Waals surface area (Å²) in [7, 11) is -3.98. The van der Waals surface area contributed by atoms with Crippen molar-refractivity contribution in [3.05, 3.63) is 89.8 Å². The molecule has 0 spiro atoms. The topological polar surface area (TPSA) is 93.4 Å². The third kappa shape index (κ3) is 3.67. The lowest BCUT2D eigenvalue weighted by Crippen LogP contribution is -2.23. The smallest absolute Gasteiger partial charge is 0.254 e. The van der Waals surface area contributed by atoms with Crippen molar-refractivity contribution < 1.29 is 17.6 Å². The summed E-state index contributed by atoms with van der Waals surface area (Å²) >= 11 is 0. The molecule has 152 valence electrons. The van der Waals surface area contributed by atoms with Gasteiger partial charge in [0.05, 0.1) is 10.5 Å². The first-order valence-corrected chi connectivity index (χ1v) is 10.5. The minimum atomic E-state index is -3.98. The van der Waals surface area contributed by atoms with Gasteiger partial charge in [0.1, 0.15) is 10.7 Å². The average Bonchev–Trinajstić information content (AvgIpc) is 3.22. The van der Waals surface area contributed by atoms with E-state index >= 15 is 0 Å². The van der Waals surface area contributed by atoms with E-state index in [0.29, 0.717) is 16.9 Å². The zero-order valence-electron chi connectivity index (χ0n) is 15.9. The third-order valence-electron chi connectivity index (χ3n) is 4.64. The number of imidazole rings is 1. The Hall–Kier alpha value is -3.59. The Morgan fingerprint density at radius 3 is 2.67 bits per heavy atom. The van der Waals surface area contributed by atoms with Gasteiger partial charge in [-0.25, -0.2) is 22.8 Å². The molecule has 30 heavy (non-hydrogen) atoms. The number of aromatic nitrogens is 3. The molecule has 0 aliphatic heterocycles. The molecule has 0 saturated heterocycles. The zero-order valence-corrected chi connectivity index (χ0v) is 16.7. The number of hydrogen-bond donors (Lipinski definition) is 1. The van der Waals surface area contributed by atoms with Crippen LogP contribution in [-0.2, 0) is 16.4 Å². The van der Waals surface area contributed by atoms with E-state index < -0.39 is 15.7 Å². The number of fused-ring (bicyclic) bond motifs is 1. The van der Waals surface area contributed by atoms with Gasteiger partial charge >= 0.3 is 0 Å². The van der Waals surface area contributed by atoms with Crippen LogP contribution >= 0.6 is 0 Å². The molecule has 9 heteroatoms. The number of sulfone groups is 1. The van der Waals surface area contributed by atoms with Crippen LogP contribution in [0.25, 0.3) is 5.78 Å². The van der Waals surface area contributed by atoms with E-state index in [0.717, 1.165) is 0 Å². The summed E-state index contributed by atoms with van der Waals surface area (Å²) in [5, 5.41) is 2.76. The van der Waals surface area contributed by atoms with E-state index in [9.17, 15) is 17.6 Å². The number of benzene rings is 2. The van der Waals surface area contributed by atoms with Crippen LogP contribution in [0.5, 0.6) is 0 Å². The van der Waals surface area contributed by atoms with Crippen LogP contribution in [0.1, 0.15) is 21.5 Å². The Kier molecular flexibility index (Phi) is 5.04. The van der Waals surface area contributed by atoms with Crippen LogP contribution < -0.4 is 5.32 Å². The highest BCUT2D eigenvalue weighted by atomic mass is 32.2. The molecule has 0 saturated carbocycles. The monoisotopic (exact) mass is 424 g/mol. The van der Waals surface area contributed by atoms with E-state index in [1.54, 1.807) is 35.1 Å². The highest BCUT2D eigenvalue weighted by Crippen LogP contribution is 2.25. The Balaban J connectivity index is 1.48. The summed E-state index contributed by atoms with van der Waals surface area (Å²) in [5.41, 5.74) is 1.33. The van der Waals surface area contributed by atoms with Crippen molar-refractivity contribution in [2.24, 2.45) is 0 Å². The summed E-state index contributed by atoms with van der Waals surface area (Å²) in [5.74, 6) is -0.581. The SMILES string of the molecule is Cc1cccc(S(=O)(=O)c2ccc(CNC(=O)c3cnc4nccn4c3)cc2)c1F. The van der Waals surface area contributed by atoms with Crippen molar-refractivity contribution in [1.82, 2.24) is 19.7 Å². The molecule has 4 rings (SSSR count). The maximum absolute atomic E-state index is 14.3. The summed E-state index contributed by atoms with van der Waals surface area (Å²) < 4.78 is 41.4. The summed E-state index contributed by atoms with van der Waals surface area (Å²) in [6, 6.07) is 10.2. The van der Waals surface area contributed by atoms with E-state index in [4.69, 9.17) is 0 Å². The van der Waals surface area contributed by atoms with Gasteiger partial charge in [0.2, 0.25) is 15.6 Å². The standard InChI is InChI=1S/C21H17FN4O3S/c1-14-3-2-4-18(19(14)22)30(28,29)17-7-5-15(6-8-17)11-24-20(27)16-12-25-21-23-9-10-26(21)13-16/h2-10,12-13H,11H2,1H3,(H,24,27). The fraction of sp³-hybridized carbons (Fsp3) is 0.0952. The Morgan fingerprint density at radius 1 is 1.13 bits per heavy atom. The molecule has 2 heterocycles. The van der Waals surface area contributed by atoms with Gasteiger partial charge in [-0.15, -0.1) is 0 Å². The van der Waals surface area contributed by atoms with Crippen molar-refractivity contribution in [3.63, 3.8) is 0 Å². The molecule has 0 bridgehead atoms. The molecule has 0 atom stereocenters. The lowest BCUT2D eigenvalue weighted by Gasteiger charge is -2.09. The third-order valence-corrected chi connectivity index (χ3v) is 6.43. The van der Waals surface area contributed by atoms with Crippen LogP contribution in [-0.4, -0.2) is 28.7 Å². The van der Waals surface area contributed by atoms with Gasteiger partial charge in [0.15, 0.2) is 0 Å². The summed E-state index contributed by atoms with van der Waals surface area (Å²) in [6.45, 7) is 1.71.